The van der Waals surface area contributed by atoms with Crippen molar-refractivity contribution < 1.29 is 9.47 Å². The first-order valence-electron chi connectivity index (χ1n) is 6.93. The van der Waals surface area contributed by atoms with Crippen LogP contribution in [0.25, 0.3) is 0 Å². The summed E-state index contributed by atoms with van der Waals surface area (Å²) in [6.45, 7) is 10.3. The molecule has 104 valence electrons. The summed E-state index contributed by atoms with van der Waals surface area (Å²) in [7, 11) is 0. The maximum absolute atomic E-state index is 5.48. The summed E-state index contributed by atoms with van der Waals surface area (Å²) in [4.78, 5) is 2.44. The summed E-state index contributed by atoms with van der Waals surface area (Å²) >= 11 is 0. The minimum Gasteiger partial charge on any atom is -0.454 e. The molecular formula is C15H22N2O2. The molecule has 4 heteroatoms. The van der Waals surface area contributed by atoms with Crippen molar-refractivity contribution in [1.82, 2.24) is 5.32 Å². The van der Waals surface area contributed by atoms with Crippen LogP contribution >= 0.6 is 0 Å². The third-order valence-electron chi connectivity index (χ3n) is 3.77. The molecule has 19 heavy (non-hydrogen) atoms. The zero-order valence-electron chi connectivity index (χ0n) is 11.9. The minimum absolute atomic E-state index is 0.126. The second-order valence-corrected chi connectivity index (χ2v) is 6.29. The Labute approximate surface area is 114 Å². The van der Waals surface area contributed by atoms with Gasteiger partial charge in [-0.05, 0) is 38.4 Å². The van der Waals surface area contributed by atoms with Gasteiger partial charge in [0.2, 0.25) is 6.79 Å². The quantitative estimate of drug-likeness (QED) is 0.841. The zero-order chi connectivity index (χ0) is 13.5. The van der Waals surface area contributed by atoms with E-state index in [1.807, 2.05) is 6.07 Å². The average molecular weight is 262 g/mol. The van der Waals surface area contributed by atoms with Crippen molar-refractivity contribution in [3.05, 3.63) is 18.2 Å². The van der Waals surface area contributed by atoms with E-state index in [1.165, 1.54) is 5.69 Å². The molecule has 0 radical (unpaired) electrons. The van der Waals surface area contributed by atoms with Gasteiger partial charge < -0.3 is 19.7 Å². The van der Waals surface area contributed by atoms with Crippen molar-refractivity contribution in [2.75, 3.05) is 31.3 Å². The largest absolute Gasteiger partial charge is 0.454 e. The Kier molecular flexibility index (Phi) is 3.05. The Bertz CT molecular complexity index is 473. The molecule has 2 aliphatic rings. The molecule has 0 aromatic heterocycles. The molecule has 1 aromatic carbocycles. The standard InChI is InChI=1S/C15H22N2O2/c1-11-7-16-15(2,3)9-17(8-11)12-4-5-13-14(6-12)19-10-18-13/h4-6,11,16H,7-10H2,1-3H3. The summed E-state index contributed by atoms with van der Waals surface area (Å²) in [6.07, 6.45) is 0. The molecule has 1 aromatic rings. The molecule has 2 aliphatic heterocycles. The van der Waals surface area contributed by atoms with Crippen LogP contribution in [0.2, 0.25) is 0 Å². The number of nitrogens with zero attached hydrogens (tertiary/aromatic N) is 1. The third kappa shape index (κ3) is 2.63. The van der Waals surface area contributed by atoms with Crippen molar-refractivity contribution in [1.29, 1.82) is 0 Å². The minimum atomic E-state index is 0.126. The monoisotopic (exact) mass is 262 g/mol. The fraction of sp³-hybridized carbons (Fsp3) is 0.600. The highest BCUT2D eigenvalue weighted by Gasteiger charge is 2.27. The summed E-state index contributed by atoms with van der Waals surface area (Å²) in [6, 6.07) is 6.23. The van der Waals surface area contributed by atoms with Gasteiger partial charge >= 0.3 is 0 Å². The first-order valence-corrected chi connectivity index (χ1v) is 6.93. The SMILES string of the molecule is CC1CNC(C)(C)CN(c2ccc3c(c2)OCO3)C1. The van der Waals surface area contributed by atoms with Gasteiger partial charge in [-0.15, -0.1) is 0 Å². The molecular weight excluding hydrogens is 240 g/mol. The molecule has 1 atom stereocenters. The number of rotatable bonds is 1. The second kappa shape index (κ2) is 4.60. The topological polar surface area (TPSA) is 33.7 Å². The number of fused-ring (bicyclic) bond motifs is 1. The first-order chi connectivity index (χ1) is 9.03. The average Bonchev–Trinajstić information content (AvgIpc) is 2.77. The molecule has 1 N–H and O–H groups in total. The van der Waals surface area contributed by atoms with E-state index in [2.05, 4.69) is 43.1 Å². The van der Waals surface area contributed by atoms with Gasteiger partial charge in [-0.25, -0.2) is 0 Å². The van der Waals surface area contributed by atoms with E-state index < -0.39 is 0 Å². The predicted octanol–water partition coefficient (Wildman–Crippen LogP) is 2.24. The Morgan fingerprint density at radius 3 is 2.89 bits per heavy atom. The van der Waals surface area contributed by atoms with Gasteiger partial charge in [0.05, 0.1) is 0 Å². The number of hydrogen-bond donors (Lipinski definition) is 1. The highest BCUT2D eigenvalue weighted by molar-refractivity contribution is 5.57. The van der Waals surface area contributed by atoms with Crippen molar-refractivity contribution >= 4 is 5.69 Å². The predicted molar refractivity (Wildman–Crippen MR) is 76.0 cm³/mol. The van der Waals surface area contributed by atoms with Gasteiger partial charge in [-0.1, -0.05) is 6.92 Å². The molecule has 2 heterocycles. The number of ether oxygens (including phenoxy) is 2. The van der Waals surface area contributed by atoms with E-state index >= 15 is 0 Å². The Hall–Kier alpha value is -1.42. The molecule has 3 rings (SSSR count). The van der Waals surface area contributed by atoms with Gasteiger partial charge in [-0.3, -0.25) is 0 Å². The molecule has 0 amide bonds. The maximum Gasteiger partial charge on any atom is 0.231 e. The van der Waals surface area contributed by atoms with E-state index in [1.54, 1.807) is 0 Å². The number of anilines is 1. The summed E-state index contributed by atoms with van der Waals surface area (Å²) in [5.74, 6) is 2.34. The summed E-state index contributed by atoms with van der Waals surface area (Å²) in [5, 5.41) is 3.63. The van der Waals surface area contributed by atoms with Gasteiger partial charge in [0, 0.05) is 30.4 Å². The fourth-order valence-electron chi connectivity index (χ4n) is 2.77. The highest BCUT2D eigenvalue weighted by atomic mass is 16.7. The molecule has 0 aliphatic carbocycles. The molecule has 1 unspecified atom stereocenters. The van der Waals surface area contributed by atoms with Crippen molar-refractivity contribution in [2.45, 2.75) is 26.3 Å². The van der Waals surface area contributed by atoms with E-state index in [0.717, 1.165) is 31.1 Å². The molecule has 1 saturated heterocycles. The van der Waals surface area contributed by atoms with E-state index in [0.29, 0.717) is 12.7 Å². The van der Waals surface area contributed by atoms with E-state index in [9.17, 15) is 0 Å². The van der Waals surface area contributed by atoms with E-state index in [4.69, 9.17) is 9.47 Å². The lowest BCUT2D eigenvalue weighted by Gasteiger charge is -2.31. The Balaban J connectivity index is 1.87. The van der Waals surface area contributed by atoms with Crippen LogP contribution in [-0.4, -0.2) is 32.0 Å². The zero-order valence-corrected chi connectivity index (χ0v) is 11.9. The smallest absolute Gasteiger partial charge is 0.231 e. The highest BCUT2D eigenvalue weighted by Crippen LogP contribution is 2.36. The summed E-state index contributed by atoms with van der Waals surface area (Å²) in [5.41, 5.74) is 1.34. The van der Waals surface area contributed by atoms with Gasteiger partial charge in [0.1, 0.15) is 0 Å². The van der Waals surface area contributed by atoms with Crippen LogP contribution in [0.5, 0.6) is 11.5 Å². The van der Waals surface area contributed by atoms with E-state index in [-0.39, 0.29) is 5.54 Å². The van der Waals surface area contributed by atoms with Crippen LogP contribution in [0.3, 0.4) is 0 Å². The summed E-state index contributed by atoms with van der Waals surface area (Å²) < 4.78 is 10.8. The lowest BCUT2D eigenvalue weighted by Crippen LogP contribution is -2.46. The number of nitrogens with one attached hydrogen (secondary N) is 1. The number of hydrogen-bond acceptors (Lipinski definition) is 4. The normalized spacial score (nSPS) is 25.2. The van der Waals surface area contributed by atoms with Crippen molar-refractivity contribution in [2.24, 2.45) is 5.92 Å². The van der Waals surface area contributed by atoms with Crippen LogP contribution in [0.1, 0.15) is 20.8 Å². The van der Waals surface area contributed by atoms with Crippen molar-refractivity contribution in [3.63, 3.8) is 0 Å². The third-order valence-corrected chi connectivity index (χ3v) is 3.77. The maximum atomic E-state index is 5.48. The van der Waals surface area contributed by atoms with Crippen LogP contribution in [-0.2, 0) is 0 Å². The van der Waals surface area contributed by atoms with Gasteiger partial charge in [0.25, 0.3) is 0 Å². The molecule has 4 nitrogen and oxygen atoms in total. The Morgan fingerprint density at radius 1 is 1.26 bits per heavy atom. The van der Waals surface area contributed by atoms with Crippen LogP contribution in [0, 0.1) is 5.92 Å². The first kappa shape index (κ1) is 12.6. The molecule has 0 saturated carbocycles. The lowest BCUT2D eigenvalue weighted by atomic mass is 10.1. The molecule has 0 bridgehead atoms. The second-order valence-electron chi connectivity index (χ2n) is 6.29. The molecule has 0 spiro atoms. The Morgan fingerprint density at radius 2 is 2.05 bits per heavy atom. The molecule has 1 fully saturated rings. The van der Waals surface area contributed by atoms with Crippen LogP contribution < -0.4 is 19.7 Å². The number of benzene rings is 1. The fourth-order valence-corrected chi connectivity index (χ4v) is 2.77. The van der Waals surface area contributed by atoms with Crippen LogP contribution in [0.4, 0.5) is 5.69 Å². The van der Waals surface area contributed by atoms with Gasteiger partial charge in [-0.2, -0.15) is 0 Å². The lowest BCUT2D eigenvalue weighted by molar-refractivity contribution is 0.174. The van der Waals surface area contributed by atoms with Crippen molar-refractivity contribution in [3.8, 4) is 11.5 Å². The van der Waals surface area contributed by atoms with Crippen LogP contribution in [0.15, 0.2) is 18.2 Å². The van der Waals surface area contributed by atoms with Gasteiger partial charge in [0.15, 0.2) is 11.5 Å².